The van der Waals surface area contributed by atoms with Gasteiger partial charge in [0.05, 0.1) is 7.11 Å². The van der Waals surface area contributed by atoms with Crippen LogP contribution in [-0.2, 0) is 4.79 Å². The summed E-state index contributed by atoms with van der Waals surface area (Å²) >= 11 is 0. The second-order valence-corrected chi connectivity index (χ2v) is 9.24. The highest BCUT2D eigenvalue weighted by atomic mass is 16.5. The number of benzene rings is 2. The fourth-order valence-electron chi connectivity index (χ4n) is 5.55. The Labute approximate surface area is 189 Å². The second kappa shape index (κ2) is 10.1. The van der Waals surface area contributed by atoms with Gasteiger partial charge in [0.15, 0.2) is 0 Å². The van der Waals surface area contributed by atoms with Crippen LogP contribution in [0.5, 0.6) is 5.75 Å². The van der Waals surface area contributed by atoms with Gasteiger partial charge in [0.1, 0.15) is 5.75 Å². The van der Waals surface area contributed by atoms with E-state index in [1.807, 2.05) is 30.3 Å². The summed E-state index contributed by atoms with van der Waals surface area (Å²) < 4.78 is 5.18. The molecule has 0 radical (unpaired) electrons. The molecule has 2 aliphatic carbocycles. The number of carboxylic acids is 1. The van der Waals surface area contributed by atoms with Gasteiger partial charge < -0.3 is 20.5 Å². The number of urea groups is 1. The van der Waals surface area contributed by atoms with Crippen LogP contribution in [0.4, 0.5) is 16.2 Å². The number of amides is 2. The highest BCUT2D eigenvalue weighted by Gasteiger charge is 2.36. The zero-order valence-electron chi connectivity index (χ0n) is 18.5. The standard InChI is InChI=1S/C26H32N2O4/c1-32-24-4-2-3-23(16-24)28-26(31)27-22-11-9-18(10-12-22)20-8-7-19-13-17(14-25(29)30)5-6-21(19)15-20/h2-4,9-12,16-17,19-21H,5-8,13-15H2,1H3,(H,29,30)(H2,27,28,31). The molecule has 6 heteroatoms. The van der Waals surface area contributed by atoms with Crippen LogP contribution in [0.1, 0.15) is 56.4 Å². The van der Waals surface area contributed by atoms with Gasteiger partial charge >= 0.3 is 12.0 Å². The topological polar surface area (TPSA) is 87.7 Å². The minimum absolute atomic E-state index is 0.287. The van der Waals surface area contributed by atoms with Crippen LogP contribution in [0.2, 0.25) is 0 Å². The van der Waals surface area contributed by atoms with Crippen molar-refractivity contribution in [1.29, 1.82) is 0 Å². The summed E-state index contributed by atoms with van der Waals surface area (Å²) in [7, 11) is 1.59. The van der Waals surface area contributed by atoms with Gasteiger partial charge in [-0.25, -0.2) is 4.79 Å². The van der Waals surface area contributed by atoms with E-state index in [2.05, 4.69) is 22.8 Å². The van der Waals surface area contributed by atoms with Crippen LogP contribution in [-0.4, -0.2) is 24.2 Å². The van der Waals surface area contributed by atoms with Crippen LogP contribution < -0.4 is 15.4 Å². The predicted octanol–water partition coefficient (Wildman–Crippen LogP) is 6.11. The molecule has 170 valence electrons. The summed E-state index contributed by atoms with van der Waals surface area (Å²) in [6, 6.07) is 15.2. The van der Waals surface area contributed by atoms with E-state index in [4.69, 9.17) is 9.84 Å². The third-order valence-electron chi connectivity index (χ3n) is 7.15. The quantitative estimate of drug-likeness (QED) is 0.509. The molecule has 0 saturated heterocycles. The lowest BCUT2D eigenvalue weighted by molar-refractivity contribution is -0.138. The number of hydrogen-bond acceptors (Lipinski definition) is 3. The van der Waals surface area contributed by atoms with Gasteiger partial charge in [0.2, 0.25) is 0 Å². The van der Waals surface area contributed by atoms with Crippen molar-refractivity contribution in [1.82, 2.24) is 0 Å². The number of carbonyl (C=O) groups excluding carboxylic acids is 1. The lowest BCUT2D eigenvalue weighted by Crippen LogP contribution is -2.31. The molecule has 3 N–H and O–H groups in total. The zero-order valence-corrected chi connectivity index (χ0v) is 18.5. The third-order valence-corrected chi connectivity index (χ3v) is 7.15. The third kappa shape index (κ3) is 5.61. The molecule has 4 rings (SSSR count). The molecule has 2 aliphatic rings. The smallest absolute Gasteiger partial charge is 0.323 e. The normalized spacial score (nSPS) is 24.8. The number of hydrogen-bond donors (Lipinski definition) is 3. The Balaban J connectivity index is 1.29. The first-order chi connectivity index (χ1) is 15.5. The van der Waals surface area contributed by atoms with E-state index in [0.29, 0.717) is 41.5 Å². The molecule has 4 unspecified atom stereocenters. The van der Waals surface area contributed by atoms with Crippen LogP contribution >= 0.6 is 0 Å². The maximum atomic E-state index is 12.3. The van der Waals surface area contributed by atoms with Crippen LogP contribution in [0, 0.1) is 17.8 Å². The highest BCUT2D eigenvalue weighted by molar-refractivity contribution is 5.99. The highest BCUT2D eigenvalue weighted by Crippen LogP contribution is 2.48. The number of anilines is 2. The number of methoxy groups -OCH3 is 1. The number of ether oxygens (including phenoxy) is 1. The Hall–Kier alpha value is -3.02. The molecule has 0 bridgehead atoms. The minimum Gasteiger partial charge on any atom is -0.497 e. The Morgan fingerprint density at radius 3 is 2.41 bits per heavy atom. The molecular formula is C26H32N2O4. The molecule has 2 saturated carbocycles. The van der Waals surface area contributed by atoms with E-state index in [1.54, 1.807) is 13.2 Å². The lowest BCUT2D eigenvalue weighted by Gasteiger charge is -2.42. The summed E-state index contributed by atoms with van der Waals surface area (Å²) in [6.45, 7) is 0. The summed E-state index contributed by atoms with van der Waals surface area (Å²) in [6.07, 6.45) is 7.14. The van der Waals surface area contributed by atoms with E-state index < -0.39 is 5.97 Å². The molecule has 0 aromatic heterocycles. The Morgan fingerprint density at radius 1 is 0.938 bits per heavy atom. The van der Waals surface area contributed by atoms with Crippen LogP contribution in [0.25, 0.3) is 0 Å². The molecule has 2 fully saturated rings. The largest absolute Gasteiger partial charge is 0.497 e. The number of aliphatic carboxylic acids is 1. The summed E-state index contributed by atoms with van der Waals surface area (Å²) in [5, 5.41) is 14.8. The summed E-state index contributed by atoms with van der Waals surface area (Å²) in [5.74, 6) is 2.34. The van der Waals surface area contributed by atoms with Gasteiger partial charge in [-0.1, -0.05) is 18.2 Å². The first-order valence-electron chi connectivity index (χ1n) is 11.5. The maximum Gasteiger partial charge on any atom is 0.323 e. The minimum atomic E-state index is -0.659. The van der Waals surface area contributed by atoms with Crippen LogP contribution in [0.3, 0.4) is 0 Å². The number of carboxylic acid groups (broad SMARTS) is 1. The van der Waals surface area contributed by atoms with Gasteiger partial charge in [0.25, 0.3) is 0 Å². The maximum absolute atomic E-state index is 12.3. The lowest BCUT2D eigenvalue weighted by atomic mass is 9.63. The van der Waals surface area contributed by atoms with E-state index in [9.17, 15) is 9.59 Å². The van der Waals surface area contributed by atoms with E-state index in [1.165, 1.54) is 18.4 Å². The first kappa shape index (κ1) is 22.2. The Morgan fingerprint density at radius 2 is 1.66 bits per heavy atom. The SMILES string of the molecule is COc1cccc(NC(=O)Nc2ccc(C3CCC4CC(CC(=O)O)CCC4C3)cc2)c1. The fourth-order valence-corrected chi connectivity index (χ4v) is 5.55. The Bertz CT molecular complexity index is 943. The molecule has 4 atom stereocenters. The molecular weight excluding hydrogens is 404 g/mol. The van der Waals surface area contributed by atoms with Crippen molar-refractivity contribution in [2.45, 2.75) is 50.9 Å². The van der Waals surface area contributed by atoms with Gasteiger partial charge in [-0.15, -0.1) is 0 Å². The van der Waals surface area contributed by atoms with Crippen molar-refractivity contribution in [3.63, 3.8) is 0 Å². The van der Waals surface area contributed by atoms with E-state index in [0.717, 1.165) is 31.4 Å². The first-order valence-corrected chi connectivity index (χ1v) is 11.5. The van der Waals surface area contributed by atoms with Crippen molar-refractivity contribution in [2.75, 3.05) is 17.7 Å². The predicted molar refractivity (Wildman–Crippen MR) is 125 cm³/mol. The van der Waals surface area contributed by atoms with Gasteiger partial charge in [-0.05, 0) is 92.0 Å². The van der Waals surface area contributed by atoms with Gasteiger partial charge in [-0.3, -0.25) is 4.79 Å². The molecule has 2 amide bonds. The molecule has 2 aromatic rings. The van der Waals surface area contributed by atoms with Crippen molar-refractivity contribution >= 4 is 23.4 Å². The monoisotopic (exact) mass is 436 g/mol. The van der Waals surface area contributed by atoms with Gasteiger partial charge in [-0.2, -0.15) is 0 Å². The molecule has 32 heavy (non-hydrogen) atoms. The molecule has 0 spiro atoms. The second-order valence-electron chi connectivity index (χ2n) is 9.24. The van der Waals surface area contributed by atoms with Crippen molar-refractivity contribution < 1.29 is 19.4 Å². The van der Waals surface area contributed by atoms with Gasteiger partial charge in [0, 0.05) is 23.9 Å². The molecule has 2 aromatic carbocycles. The number of carbonyl (C=O) groups is 2. The number of nitrogens with one attached hydrogen (secondary N) is 2. The molecule has 0 aliphatic heterocycles. The zero-order chi connectivity index (χ0) is 22.5. The van der Waals surface area contributed by atoms with E-state index in [-0.39, 0.29) is 6.03 Å². The average Bonchev–Trinajstić information content (AvgIpc) is 2.79. The van der Waals surface area contributed by atoms with Crippen LogP contribution in [0.15, 0.2) is 48.5 Å². The molecule has 6 nitrogen and oxygen atoms in total. The fraction of sp³-hybridized carbons (Fsp3) is 0.462. The summed E-state index contributed by atoms with van der Waals surface area (Å²) in [5.41, 5.74) is 2.76. The van der Waals surface area contributed by atoms with Crippen molar-refractivity contribution in [3.05, 3.63) is 54.1 Å². The number of fused-ring (bicyclic) bond motifs is 1. The Kier molecular flexibility index (Phi) is 6.98. The number of rotatable bonds is 6. The molecule has 0 heterocycles. The van der Waals surface area contributed by atoms with Crippen molar-refractivity contribution in [2.24, 2.45) is 17.8 Å². The van der Waals surface area contributed by atoms with Crippen molar-refractivity contribution in [3.8, 4) is 5.75 Å². The average molecular weight is 437 g/mol. The summed E-state index contributed by atoms with van der Waals surface area (Å²) in [4.78, 5) is 23.4. The van der Waals surface area contributed by atoms with E-state index >= 15 is 0 Å².